The van der Waals surface area contributed by atoms with Gasteiger partial charge >= 0.3 is 0 Å². The van der Waals surface area contributed by atoms with E-state index in [0.717, 1.165) is 5.69 Å². The van der Waals surface area contributed by atoms with E-state index in [1.54, 1.807) is 6.92 Å². The van der Waals surface area contributed by atoms with Crippen molar-refractivity contribution in [2.75, 3.05) is 0 Å². The highest BCUT2D eigenvalue weighted by Gasteiger charge is 2.16. The molecule has 21 heavy (non-hydrogen) atoms. The number of aryl methyl sites for hydroxylation is 1. The maximum atomic E-state index is 13.1. The second-order valence-electron chi connectivity index (χ2n) is 4.64. The van der Waals surface area contributed by atoms with Crippen LogP contribution in [0.1, 0.15) is 21.6 Å². The zero-order chi connectivity index (χ0) is 14.8. The number of nitrogens with zero attached hydrogens (tertiary/aromatic N) is 3. The fraction of sp³-hybridized carbons (Fsp3) is 0.0625. The largest absolute Gasteiger partial charge is 0.287 e. The van der Waals surface area contributed by atoms with Gasteiger partial charge in [0.15, 0.2) is 5.69 Å². The number of hydrogen-bond acceptors (Lipinski definition) is 3. The SMILES string of the molecule is Cc1cc(F)ccc1C(=O)c1cnn(-c2ccccc2)n1. The van der Waals surface area contributed by atoms with E-state index in [1.807, 2.05) is 30.3 Å². The molecule has 0 spiro atoms. The van der Waals surface area contributed by atoms with E-state index in [1.165, 1.54) is 29.2 Å². The van der Waals surface area contributed by atoms with Crippen LogP contribution >= 0.6 is 0 Å². The molecule has 0 amide bonds. The highest BCUT2D eigenvalue weighted by Crippen LogP contribution is 2.14. The fourth-order valence-corrected chi connectivity index (χ4v) is 2.07. The number of rotatable bonds is 3. The summed E-state index contributed by atoms with van der Waals surface area (Å²) in [5.74, 6) is -0.633. The second-order valence-corrected chi connectivity index (χ2v) is 4.64. The summed E-state index contributed by atoms with van der Waals surface area (Å²) in [6.07, 6.45) is 1.41. The summed E-state index contributed by atoms with van der Waals surface area (Å²) >= 11 is 0. The zero-order valence-corrected chi connectivity index (χ0v) is 11.3. The van der Waals surface area contributed by atoms with Crippen LogP contribution in [0, 0.1) is 12.7 Å². The van der Waals surface area contributed by atoms with E-state index in [2.05, 4.69) is 10.2 Å². The van der Waals surface area contributed by atoms with E-state index < -0.39 is 0 Å². The molecule has 2 aromatic carbocycles. The third-order valence-corrected chi connectivity index (χ3v) is 3.14. The minimum atomic E-state index is -0.364. The van der Waals surface area contributed by atoms with Crippen LogP contribution in [-0.4, -0.2) is 20.8 Å². The van der Waals surface area contributed by atoms with Crippen molar-refractivity contribution in [3.05, 3.63) is 77.4 Å². The summed E-state index contributed by atoms with van der Waals surface area (Å²) in [6.45, 7) is 1.69. The molecule has 1 heterocycles. The Bertz CT molecular complexity index is 796. The lowest BCUT2D eigenvalue weighted by atomic mass is 10.0. The number of benzene rings is 2. The Balaban J connectivity index is 1.94. The van der Waals surface area contributed by atoms with Gasteiger partial charge in [0.2, 0.25) is 5.78 Å². The molecule has 5 heteroatoms. The summed E-state index contributed by atoms with van der Waals surface area (Å²) < 4.78 is 13.1. The Morgan fingerprint density at radius 2 is 1.90 bits per heavy atom. The molecule has 3 aromatic rings. The molecule has 1 aromatic heterocycles. The van der Waals surface area contributed by atoms with Crippen LogP contribution in [0.3, 0.4) is 0 Å². The molecule has 0 radical (unpaired) electrons. The van der Waals surface area contributed by atoms with Crippen LogP contribution in [-0.2, 0) is 0 Å². The molecule has 104 valence electrons. The van der Waals surface area contributed by atoms with E-state index in [9.17, 15) is 9.18 Å². The van der Waals surface area contributed by atoms with Crippen molar-refractivity contribution in [2.24, 2.45) is 0 Å². The monoisotopic (exact) mass is 281 g/mol. The van der Waals surface area contributed by atoms with E-state index >= 15 is 0 Å². The lowest BCUT2D eigenvalue weighted by Crippen LogP contribution is -2.06. The molecule has 0 aliphatic heterocycles. The molecule has 3 rings (SSSR count). The minimum absolute atomic E-state index is 0.230. The van der Waals surface area contributed by atoms with Gasteiger partial charge < -0.3 is 0 Å². The third-order valence-electron chi connectivity index (χ3n) is 3.14. The summed E-state index contributed by atoms with van der Waals surface area (Å²) in [4.78, 5) is 13.8. The molecule has 0 aliphatic carbocycles. The maximum Gasteiger partial charge on any atom is 0.215 e. The molecule has 0 aliphatic rings. The predicted molar refractivity (Wildman–Crippen MR) is 75.9 cm³/mol. The molecular formula is C16H12FN3O. The van der Waals surface area contributed by atoms with Crippen molar-refractivity contribution in [3.63, 3.8) is 0 Å². The number of carbonyl (C=O) groups is 1. The van der Waals surface area contributed by atoms with Crippen molar-refractivity contribution in [2.45, 2.75) is 6.92 Å². The van der Waals surface area contributed by atoms with Crippen molar-refractivity contribution in [1.82, 2.24) is 15.0 Å². The number of ketones is 1. The van der Waals surface area contributed by atoms with E-state index in [-0.39, 0.29) is 17.3 Å². The van der Waals surface area contributed by atoms with E-state index in [0.29, 0.717) is 11.1 Å². The molecular weight excluding hydrogens is 269 g/mol. The normalized spacial score (nSPS) is 10.6. The highest BCUT2D eigenvalue weighted by atomic mass is 19.1. The van der Waals surface area contributed by atoms with Gasteiger partial charge in [-0.15, -0.1) is 5.10 Å². The van der Waals surface area contributed by atoms with Gasteiger partial charge in [0, 0.05) is 5.56 Å². The average molecular weight is 281 g/mol. The summed E-state index contributed by atoms with van der Waals surface area (Å²) in [5.41, 5.74) is 2.01. The van der Waals surface area contributed by atoms with Crippen LogP contribution in [0.15, 0.2) is 54.7 Å². The van der Waals surface area contributed by atoms with Crippen LogP contribution < -0.4 is 0 Å². The number of aromatic nitrogens is 3. The first kappa shape index (κ1) is 13.2. The average Bonchev–Trinajstić information content (AvgIpc) is 2.97. The van der Waals surface area contributed by atoms with Crippen molar-refractivity contribution >= 4 is 5.78 Å². The van der Waals surface area contributed by atoms with E-state index in [4.69, 9.17) is 0 Å². The Hall–Kier alpha value is -2.82. The van der Waals surface area contributed by atoms with Crippen LogP contribution in [0.4, 0.5) is 4.39 Å². The van der Waals surface area contributed by atoms with Gasteiger partial charge in [-0.2, -0.15) is 9.90 Å². The van der Waals surface area contributed by atoms with Crippen molar-refractivity contribution in [1.29, 1.82) is 0 Å². The molecule has 0 N–H and O–H groups in total. The Morgan fingerprint density at radius 3 is 2.62 bits per heavy atom. The smallest absolute Gasteiger partial charge is 0.215 e. The summed E-state index contributed by atoms with van der Waals surface area (Å²) in [6, 6.07) is 13.4. The van der Waals surface area contributed by atoms with Gasteiger partial charge in [-0.1, -0.05) is 18.2 Å². The summed E-state index contributed by atoms with van der Waals surface area (Å²) in [7, 11) is 0. The van der Waals surface area contributed by atoms with Crippen LogP contribution in [0.5, 0.6) is 0 Å². The number of para-hydroxylation sites is 1. The number of hydrogen-bond donors (Lipinski definition) is 0. The first-order valence-electron chi connectivity index (χ1n) is 6.44. The van der Waals surface area contributed by atoms with Crippen molar-refractivity contribution < 1.29 is 9.18 Å². The van der Waals surface area contributed by atoms with Gasteiger partial charge in [-0.25, -0.2) is 4.39 Å². The van der Waals surface area contributed by atoms with Gasteiger partial charge in [0.25, 0.3) is 0 Å². The molecule has 0 atom stereocenters. The quantitative estimate of drug-likeness (QED) is 0.693. The Morgan fingerprint density at radius 1 is 1.14 bits per heavy atom. The molecule has 0 unspecified atom stereocenters. The summed E-state index contributed by atoms with van der Waals surface area (Å²) in [5, 5.41) is 8.27. The third kappa shape index (κ3) is 2.58. The highest BCUT2D eigenvalue weighted by molar-refractivity contribution is 6.08. The zero-order valence-electron chi connectivity index (χ0n) is 11.3. The molecule has 4 nitrogen and oxygen atoms in total. The topological polar surface area (TPSA) is 47.8 Å². The maximum absolute atomic E-state index is 13.1. The number of halogens is 1. The second kappa shape index (κ2) is 5.28. The molecule has 0 saturated carbocycles. The van der Waals surface area contributed by atoms with Crippen molar-refractivity contribution in [3.8, 4) is 5.69 Å². The Labute approximate surface area is 120 Å². The predicted octanol–water partition coefficient (Wildman–Crippen LogP) is 2.95. The van der Waals surface area contributed by atoms with Gasteiger partial charge in [-0.05, 0) is 42.8 Å². The molecule has 0 bridgehead atoms. The standard InChI is InChI=1S/C16H12FN3O/c1-11-9-12(17)7-8-14(11)16(21)15-10-18-20(19-15)13-5-3-2-4-6-13/h2-10H,1H3. The minimum Gasteiger partial charge on any atom is -0.287 e. The first-order chi connectivity index (χ1) is 10.1. The van der Waals surface area contributed by atoms with Gasteiger partial charge in [0.05, 0.1) is 11.9 Å². The molecule has 0 saturated heterocycles. The number of carbonyl (C=O) groups excluding carboxylic acids is 1. The molecule has 0 fully saturated rings. The van der Waals surface area contributed by atoms with Crippen LogP contribution in [0.2, 0.25) is 0 Å². The van der Waals surface area contributed by atoms with Gasteiger partial charge in [-0.3, -0.25) is 4.79 Å². The fourth-order valence-electron chi connectivity index (χ4n) is 2.07. The first-order valence-corrected chi connectivity index (χ1v) is 6.44. The lowest BCUT2D eigenvalue weighted by molar-refractivity contribution is 0.103. The lowest BCUT2D eigenvalue weighted by Gasteiger charge is -2.02. The van der Waals surface area contributed by atoms with Gasteiger partial charge in [0.1, 0.15) is 5.82 Å². The van der Waals surface area contributed by atoms with Crippen LogP contribution in [0.25, 0.3) is 5.69 Å². The Kier molecular flexibility index (Phi) is 3.31.